The number of hydrogen-bond donors (Lipinski definition) is 2. The van der Waals surface area contributed by atoms with Gasteiger partial charge < -0.3 is 10.6 Å². The number of benzene rings is 2. The Bertz CT molecular complexity index is 820. The standard InChI is InChI=1S/C20H23Cl2N3O2/c1-13-6-4-9-17(14(13)2)23-19(27)12-25(3)11-10-18(26)24-20-15(21)7-5-8-16(20)22/h4-9H,10-12H2,1-3H3,(H,23,27)(H,24,26). The Morgan fingerprint density at radius 3 is 2.26 bits per heavy atom. The maximum Gasteiger partial charge on any atom is 0.238 e. The Labute approximate surface area is 169 Å². The molecule has 0 atom stereocenters. The predicted molar refractivity (Wildman–Crippen MR) is 112 cm³/mol. The van der Waals surface area contributed by atoms with E-state index in [1.807, 2.05) is 32.0 Å². The average molecular weight is 408 g/mol. The van der Waals surface area contributed by atoms with Crippen LogP contribution in [0.5, 0.6) is 0 Å². The number of para-hydroxylation sites is 1. The van der Waals surface area contributed by atoms with Gasteiger partial charge in [0.1, 0.15) is 0 Å². The molecule has 0 heterocycles. The van der Waals surface area contributed by atoms with Gasteiger partial charge in [0.15, 0.2) is 0 Å². The molecule has 0 unspecified atom stereocenters. The zero-order chi connectivity index (χ0) is 20.0. The first-order valence-electron chi connectivity index (χ1n) is 8.56. The fourth-order valence-corrected chi connectivity index (χ4v) is 3.00. The third-order valence-electron chi connectivity index (χ3n) is 4.24. The number of hydrogen-bond acceptors (Lipinski definition) is 3. The molecule has 144 valence electrons. The van der Waals surface area contributed by atoms with Crippen LogP contribution in [0, 0.1) is 13.8 Å². The van der Waals surface area contributed by atoms with Crippen LogP contribution in [-0.4, -0.2) is 36.9 Å². The molecule has 0 saturated carbocycles. The van der Waals surface area contributed by atoms with Gasteiger partial charge >= 0.3 is 0 Å². The lowest BCUT2D eigenvalue weighted by Gasteiger charge is -2.17. The van der Waals surface area contributed by atoms with Crippen molar-refractivity contribution < 1.29 is 9.59 Å². The van der Waals surface area contributed by atoms with Gasteiger partial charge in [0.25, 0.3) is 0 Å². The average Bonchev–Trinajstić information content (AvgIpc) is 2.60. The lowest BCUT2D eigenvalue weighted by Crippen LogP contribution is -2.32. The van der Waals surface area contributed by atoms with Gasteiger partial charge in [-0.3, -0.25) is 14.5 Å². The normalized spacial score (nSPS) is 10.7. The molecule has 27 heavy (non-hydrogen) atoms. The van der Waals surface area contributed by atoms with Crippen molar-refractivity contribution in [3.05, 3.63) is 57.6 Å². The number of carbonyl (C=O) groups is 2. The molecular weight excluding hydrogens is 385 g/mol. The van der Waals surface area contributed by atoms with E-state index >= 15 is 0 Å². The lowest BCUT2D eigenvalue weighted by atomic mass is 10.1. The second-order valence-corrected chi connectivity index (χ2v) is 7.24. The number of aryl methyl sites for hydroxylation is 1. The SMILES string of the molecule is Cc1cccc(NC(=O)CN(C)CCC(=O)Nc2c(Cl)cccc2Cl)c1C. The van der Waals surface area contributed by atoms with Crippen LogP contribution in [0.25, 0.3) is 0 Å². The van der Waals surface area contributed by atoms with Crippen LogP contribution in [0.1, 0.15) is 17.5 Å². The molecule has 0 aliphatic carbocycles. The van der Waals surface area contributed by atoms with Gasteiger partial charge in [-0.15, -0.1) is 0 Å². The number of rotatable bonds is 7. The van der Waals surface area contributed by atoms with E-state index in [1.54, 1.807) is 30.1 Å². The van der Waals surface area contributed by atoms with E-state index in [9.17, 15) is 9.59 Å². The Morgan fingerprint density at radius 2 is 1.59 bits per heavy atom. The van der Waals surface area contributed by atoms with Crippen molar-refractivity contribution in [3.8, 4) is 0 Å². The lowest BCUT2D eigenvalue weighted by molar-refractivity contribution is -0.119. The Hall–Kier alpha value is -2.08. The molecule has 0 bridgehead atoms. The molecule has 0 aromatic heterocycles. The molecular formula is C20H23Cl2N3O2. The second kappa shape index (κ2) is 9.74. The first-order valence-corrected chi connectivity index (χ1v) is 9.32. The number of anilines is 2. The second-order valence-electron chi connectivity index (χ2n) is 6.43. The summed E-state index contributed by atoms with van der Waals surface area (Å²) in [6, 6.07) is 10.8. The van der Waals surface area contributed by atoms with Crippen LogP contribution in [0.3, 0.4) is 0 Å². The molecule has 7 heteroatoms. The highest BCUT2D eigenvalue weighted by Gasteiger charge is 2.13. The minimum atomic E-state index is -0.216. The summed E-state index contributed by atoms with van der Waals surface area (Å²) in [4.78, 5) is 26.1. The van der Waals surface area contributed by atoms with E-state index in [1.165, 1.54) is 0 Å². The highest BCUT2D eigenvalue weighted by Crippen LogP contribution is 2.29. The van der Waals surface area contributed by atoms with Crippen LogP contribution in [-0.2, 0) is 9.59 Å². The number of amides is 2. The molecule has 2 aromatic rings. The van der Waals surface area contributed by atoms with Crippen molar-refractivity contribution >= 4 is 46.4 Å². The summed E-state index contributed by atoms with van der Waals surface area (Å²) in [7, 11) is 1.79. The smallest absolute Gasteiger partial charge is 0.238 e. The third-order valence-corrected chi connectivity index (χ3v) is 4.87. The number of nitrogens with zero attached hydrogens (tertiary/aromatic N) is 1. The van der Waals surface area contributed by atoms with E-state index in [-0.39, 0.29) is 24.8 Å². The van der Waals surface area contributed by atoms with Crippen molar-refractivity contribution in [3.63, 3.8) is 0 Å². The van der Waals surface area contributed by atoms with Crippen molar-refractivity contribution in [1.82, 2.24) is 4.90 Å². The number of nitrogens with one attached hydrogen (secondary N) is 2. The topological polar surface area (TPSA) is 61.4 Å². The molecule has 0 fully saturated rings. The van der Waals surface area contributed by atoms with E-state index in [0.717, 1.165) is 16.8 Å². The third kappa shape index (κ3) is 6.24. The van der Waals surface area contributed by atoms with Crippen LogP contribution < -0.4 is 10.6 Å². The van der Waals surface area contributed by atoms with Gasteiger partial charge in [0, 0.05) is 18.7 Å². The number of halogens is 2. The van der Waals surface area contributed by atoms with Crippen LogP contribution >= 0.6 is 23.2 Å². The molecule has 2 amide bonds. The maximum atomic E-state index is 12.2. The summed E-state index contributed by atoms with van der Waals surface area (Å²) < 4.78 is 0. The van der Waals surface area contributed by atoms with Gasteiger partial charge in [0.2, 0.25) is 11.8 Å². The summed E-state index contributed by atoms with van der Waals surface area (Å²) in [5.74, 6) is -0.340. The molecule has 0 radical (unpaired) electrons. The van der Waals surface area contributed by atoms with Gasteiger partial charge in [-0.1, -0.05) is 41.4 Å². The summed E-state index contributed by atoms with van der Waals surface area (Å²) in [5, 5.41) is 6.39. The van der Waals surface area contributed by atoms with E-state index in [4.69, 9.17) is 23.2 Å². The molecule has 2 rings (SSSR count). The molecule has 0 spiro atoms. The molecule has 2 aromatic carbocycles. The van der Waals surface area contributed by atoms with Gasteiger partial charge in [-0.2, -0.15) is 0 Å². The van der Waals surface area contributed by atoms with Crippen molar-refractivity contribution in [2.75, 3.05) is 30.8 Å². The van der Waals surface area contributed by atoms with E-state index < -0.39 is 0 Å². The fraction of sp³-hybridized carbons (Fsp3) is 0.300. The van der Waals surface area contributed by atoms with E-state index in [2.05, 4.69) is 10.6 Å². The van der Waals surface area contributed by atoms with Gasteiger partial charge in [-0.05, 0) is 50.2 Å². The Kier molecular flexibility index (Phi) is 7.66. The Morgan fingerprint density at radius 1 is 0.963 bits per heavy atom. The minimum Gasteiger partial charge on any atom is -0.325 e. The summed E-state index contributed by atoms with van der Waals surface area (Å²) >= 11 is 12.1. The van der Waals surface area contributed by atoms with Gasteiger partial charge in [-0.25, -0.2) is 0 Å². The molecule has 0 saturated heterocycles. The maximum absolute atomic E-state index is 12.2. The summed E-state index contributed by atoms with van der Waals surface area (Å²) in [6.07, 6.45) is 0.217. The first-order chi connectivity index (χ1) is 12.8. The molecule has 2 N–H and O–H groups in total. The van der Waals surface area contributed by atoms with Crippen molar-refractivity contribution in [2.45, 2.75) is 20.3 Å². The summed E-state index contributed by atoms with van der Waals surface area (Å²) in [6.45, 7) is 4.58. The van der Waals surface area contributed by atoms with E-state index in [0.29, 0.717) is 22.3 Å². The monoisotopic (exact) mass is 407 g/mol. The zero-order valence-electron chi connectivity index (χ0n) is 15.6. The van der Waals surface area contributed by atoms with Crippen LogP contribution in [0.15, 0.2) is 36.4 Å². The highest BCUT2D eigenvalue weighted by molar-refractivity contribution is 6.39. The quantitative estimate of drug-likeness (QED) is 0.709. The largest absolute Gasteiger partial charge is 0.325 e. The van der Waals surface area contributed by atoms with Crippen LogP contribution in [0.4, 0.5) is 11.4 Å². The van der Waals surface area contributed by atoms with Crippen molar-refractivity contribution in [2.24, 2.45) is 0 Å². The number of carbonyl (C=O) groups excluding carboxylic acids is 2. The summed E-state index contributed by atoms with van der Waals surface area (Å²) in [5.41, 5.74) is 3.38. The molecule has 0 aliphatic heterocycles. The zero-order valence-corrected chi connectivity index (χ0v) is 17.1. The first kappa shape index (κ1) is 21.2. The molecule has 5 nitrogen and oxygen atoms in total. The van der Waals surface area contributed by atoms with Crippen LogP contribution in [0.2, 0.25) is 10.0 Å². The highest BCUT2D eigenvalue weighted by atomic mass is 35.5. The minimum absolute atomic E-state index is 0.124. The number of likely N-dealkylation sites (N-methyl/N-ethyl adjacent to an activating group) is 1. The fourth-order valence-electron chi connectivity index (χ4n) is 2.51. The Balaban J connectivity index is 1.81. The molecule has 0 aliphatic rings. The van der Waals surface area contributed by atoms with Crippen molar-refractivity contribution in [1.29, 1.82) is 0 Å². The van der Waals surface area contributed by atoms with Gasteiger partial charge in [0.05, 0.1) is 22.3 Å². The predicted octanol–water partition coefficient (Wildman–Crippen LogP) is 4.51.